The van der Waals surface area contributed by atoms with Gasteiger partial charge in [0.2, 0.25) is 5.95 Å². The molecule has 34 heavy (non-hydrogen) atoms. The molecule has 5 rings (SSSR count). The minimum absolute atomic E-state index is 0.542. The van der Waals surface area contributed by atoms with Gasteiger partial charge >= 0.3 is 0 Å². The molecule has 180 valence electrons. The first-order valence-electron chi connectivity index (χ1n) is 12.1. The summed E-state index contributed by atoms with van der Waals surface area (Å²) >= 11 is 0. The van der Waals surface area contributed by atoms with Crippen LogP contribution in [0.1, 0.15) is 43.5 Å². The predicted octanol–water partition coefficient (Wildman–Crippen LogP) is 3.50. The van der Waals surface area contributed by atoms with Crippen molar-refractivity contribution < 1.29 is 4.74 Å². The fourth-order valence-corrected chi connectivity index (χ4v) is 5.24. The highest BCUT2D eigenvalue weighted by Gasteiger charge is 2.32. The van der Waals surface area contributed by atoms with Gasteiger partial charge in [0.25, 0.3) is 0 Å². The van der Waals surface area contributed by atoms with Crippen molar-refractivity contribution >= 4 is 17.5 Å². The van der Waals surface area contributed by atoms with E-state index < -0.39 is 0 Å². The zero-order valence-corrected chi connectivity index (χ0v) is 20.2. The lowest BCUT2D eigenvalue weighted by Gasteiger charge is -2.44. The molecule has 0 bridgehead atoms. The molecular weight excluding hydrogens is 430 g/mol. The van der Waals surface area contributed by atoms with Gasteiger partial charge in [-0.1, -0.05) is 6.42 Å². The van der Waals surface area contributed by atoms with Gasteiger partial charge < -0.3 is 20.3 Å². The molecule has 1 aromatic carbocycles. The number of piperidine rings is 2. The zero-order valence-electron chi connectivity index (χ0n) is 20.2. The molecule has 2 fully saturated rings. The number of ether oxygens (including phenoxy) is 1. The summed E-state index contributed by atoms with van der Waals surface area (Å²) in [5.41, 5.74) is 2.61. The predicted molar refractivity (Wildman–Crippen MR) is 131 cm³/mol. The Balaban J connectivity index is 1.31. The molecule has 0 amide bonds. The number of benzene rings is 1. The van der Waals surface area contributed by atoms with Crippen LogP contribution >= 0.6 is 0 Å². The first-order chi connectivity index (χ1) is 16.6. The van der Waals surface area contributed by atoms with Crippen molar-refractivity contribution in [2.45, 2.75) is 52.0 Å². The van der Waals surface area contributed by atoms with Crippen molar-refractivity contribution in [1.29, 1.82) is 0 Å². The fourth-order valence-electron chi connectivity index (χ4n) is 5.24. The summed E-state index contributed by atoms with van der Waals surface area (Å²) in [4.78, 5) is 12.0. The monoisotopic (exact) mass is 463 g/mol. The second-order valence-corrected chi connectivity index (χ2v) is 9.26. The molecule has 2 aromatic heterocycles. The summed E-state index contributed by atoms with van der Waals surface area (Å²) < 4.78 is 7.15. The Morgan fingerprint density at radius 3 is 2.82 bits per heavy atom. The third kappa shape index (κ3) is 4.68. The molecule has 2 atom stereocenters. The van der Waals surface area contributed by atoms with Crippen LogP contribution in [0.5, 0.6) is 5.75 Å². The number of methoxy groups -OCH3 is 1. The van der Waals surface area contributed by atoms with E-state index in [2.05, 4.69) is 36.0 Å². The van der Waals surface area contributed by atoms with E-state index in [4.69, 9.17) is 9.72 Å². The molecule has 3 aromatic rings. The number of aromatic nitrogens is 6. The number of rotatable bonds is 7. The molecule has 4 heterocycles. The molecule has 2 aliphatic heterocycles. The topological polar surface area (TPSA) is 106 Å². The second kappa shape index (κ2) is 9.92. The number of nitrogens with zero attached hydrogens (tertiary/aromatic N) is 7. The normalized spacial score (nSPS) is 20.6. The zero-order chi connectivity index (χ0) is 23.5. The van der Waals surface area contributed by atoms with Crippen molar-refractivity contribution in [3.63, 3.8) is 0 Å². The van der Waals surface area contributed by atoms with Gasteiger partial charge in [-0.15, -0.1) is 5.10 Å². The van der Waals surface area contributed by atoms with Crippen LogP contribution in [-0.2, 0) is 0 Å². The largest absolute Gasteiger partial charge is 0.494 e. The number of fused-ring (bicyclic) bond motifs is 1. The Bertz CT molecular complexity index is 1130. The minimum atomic E-state index is 0.542. The van der Waals surface area contributed by atoms with E-state index in [9.17, 15) is 0 Å². The Morgan fingerprint density at radius 1 is 1.12 bits per heavy atom. The maximum absolute atomic E-state index is 5.50. The number of anilines is 3. The van der Waals surface area contributed by atoms with E-state index in [1.807, 2.05) is 38.2 Å². The number of hydrogen-bond acceptors (Lipinski definition) is 9. The van der Waals surface area contributed by atoms with E-state index in [1.165, 1.54) is 45.2 Å². The number of tetrazole rings is 1. The SMILES string of the molecule is COc1ccc(Nc2ncc(C)c(NC[C@@H]3CCCN4CCCC[C@H]34)n2)cc1-n1nnnc1C. The smallest absolute Gasteiger partial charge is 0.229 e. The van der Waals surface area contributed by atoms with E-state index in [0.29, 0.717) is 29.5 Å². The van der Waals surface area contributed by atoms with Crippen LogP contribution in [0, 0.1) is 19.8 Å². The average molecular weight is 464 g/mol. The molecular formula is C24H33N9O. The summed E-state index contributed by atoms with van der Waals surface area (Å²) in [5.74, 6) is 3.45. The number of nitrogens with one attached hydrogen (secondary N) is 2. The van der Waals surface area contributed by atoms with Crippen molar-refractivity contribution in [3.05, 3.63) is 35.8 Å². The van der Waals surface area contributed by atoms with Crippen molar-refractivity contribution in [2.24, 2.45) is 5.92 Å². The molecule has 0 aliphatic carbocycles. The third-order valence-electron chi connectivity index (χ3n) is 7.02. The Labute approximate surface area is 200 Å². The van der Waals surface area contributed by atoms with Gasteiger partial charge in [-0.2, -0.15) is 9.67 Å². The first-order valence-corrected chi connectivity index (χ1v) is 12.1. The molecule has 2 N–H and O–H groups in total. The maximum Gasteiger partial charge on any atom is 0.229 e. The van der Waals surface area contributed by atoms with E-state index in [-0.39, 0.29) is 0 Å². The van der Waals surface area contributed by atoms with Gasteiger partial charge in [0.05, 0.1) is 7.11 Å². The van der Waals surface area contributed by atoms with E-state index in [1.54, 1.807) is 11.8 Å². The van der Waals surface area contributed by atoms with Gasteiger partial charge in [0.1, 0.15) is 17.3 Å². The van der Waals surface area contributed by atoms with E-state index >= 15 is 0 Å². The van der Waals surface area contributed by atoms with Crippen molar-refractivity contribution in [1.82, 2.24) is 35.1 Å². The van der Waals surface area contributed by atoms with Crippen LogP contribution in [0.15, 0.2) is 24.4 Å². The summed E-state index contributed by atoms with van der Waals surface area (Å²) in [7, 11) is 1.63. The van der Waals surface area contributed by atoms with Crippen molar-refractivity contribution in [2.75, 3.05) is 37.4 Å². The van der Waals surface area contributed by atoms with Crippen molar-refractivity contribution in [3.8, 4) is 11.4 Å². The van der Waals surface area contributed by atoms with Crippen LogP contribution in [0.25, 0.3) is 5.69 Å². The quantitative estimate of drug-likeness (QED) is 0.544. The summed E-state index contributed by atoms with van der Waals surface area (Å²) in [5, 5.41) is 18.7. The van der Waals surface area contributed by atoms with Gasteiger partial charge in [0.15, 0.2) is 5.82 Å². The van der Waals surface area contributed by atoms with Crippen LogP contribution in [-0.4, -0.2) is 67.9 Å². The lowest BCUT2D eigenvalue weighted by Crippen LogP contribution is -2.49. The number of hydrogen-bond donors (Lipinski definition) is 2. The molecule has 10 nitrogen and oxygen atoms in total. The van der Waals surface area contributed by atoms with Gasteiger partial charge in [0, 0.05) is 30.0 Å². The van der Waals surface area contributed by atoms with Crippen LogP contribution < -0.4 is 15.4 Å². The van der Waals surface area contributed by atoms with Gasteiger partial charge in [-0.3, -0.25) is 0 Å². The lowest BCUT2D eigenvalue weighted by molar-refractivity contribution is 0.0649. The average Bonchev–Trinajstić information content (AvgIpc) is 3.30. The van der Waals surface area contributed by atoms with Gasteiger partial charge in [-0.05, 0) is 87.2 Å². The third-order valence-corrected chi connectivity index (χ3v) is 7.02. The molecule has 0 radical (unpaired) electrons. The Morgan fingerprint density at radius 2 is 2.00 bits per heavy atom. The fraction of sp³-hybridized carbons (Fsp3) is 0.542. The first kappa shape index (κ1) is 22.5. The molecule has 2 saturated heterocycles. The van der Waals surface area contributed by atoms with E-state index in [0.717, 1.165) is 29.3 Å². The van der Waals surface area contributed by atoms with Crippen LogP contribution in [0.3, 0.4) is 0 Å². The highest BCUT2D eigenvalue weighted by molar-refractivity contribution is 5.63. The van der Waals surface area contributed by atoms with Crippen LogP contribution in [0.2, 0.25) is 0 Å². The summed E-state index contributed by atoms with van der Waals surface area (Å²) in [6.45, 7) is 7.36. The number of aryl methyl sites for hydroxylation is 2. The molecule has 10 heteroatoms. The highest BCUT2D eigenvalue weighted by atomic mass is 16.5. The summed E-state index contributed by atoms with van der Waals surface area (Å²) in [6.07, 6.45) is 8.46. The standard InChI is InChI=1S/C24H33N9O/c1-16-14-26-24(27-19-9-10-22(34-3)21(13-19)33-17(2)29-30-31-33)28-23(16)25-15-18-7-6-12-32-11-5-4-8-20(18)32/h9-10,13-14,18,20H,4-8,11-12,15H2,1-3H3,(H2,25,26,27,28)/t18-,20+/m0/s1. The molecule has 0 spiro atoms. The minimum Gasteiger partial charge on any atom is -0.494 e. The van der Waals surface area contributed by atoms with Gasteiger partial charge in [-0.25, -0.2) is 4.98 Å². The molecule has 0 unspecified atom stereocenters. The lowest BCUT2D eigenvalue weighted by atomic mass is 9.83. The molecule has 0 saturated carbocycles. The second-order valence-electron chi connectivity index (χ2n) is 9.26. The van der Waals surface area contributed by atoms with Crippen LogP contribution in [0.4, 0.5) is 17.5 Å². The Hall–Kier alpha value is -3.27. The molecule has 2 aliphatic rings. The maximum atomic E-state index is 5.50. The summed E-state index contributed by atoms with van der Waals surface area (Å²) in [6, 6.07) is 6.45. The Kier molecular flexibility index (Phi) is 6.57. The highest BCUT2D eigenvalue weighted by Crippen LogP contribution is 2.31.